The Labute approximate surface area is 244 Å². The van der Waals surface area contributed by atoms with Crippen LogP contribution in [0.3, 0.4) is 0 Å². The van der Waals surface area contributed by atoms with Crippen LogP contribution in [0, 0.1) is 12.3 Å². The minimum Gasteiger partial charge on any atom is -0.497 e. The number of ether oxygens (including phenoxy) is 4. The van der Waals surface area contributed by atoms with E-state index in [1.54, 1.807) is 14.2 Å². The first-order chi connectivity index (χ1) is 20.5. The van der Waals surface area contributed by atoms with Crippen molar-refractivity contribution in [3.05, 3.63) is 84.4 Å². The summed E-state index contributed by atoms with van der Waals surface area (Å²) in [6.45, 7) is 4.76. The molecule has 2 bridgehead atoms. The molecule has 3 aromatic heterocycles. The number of hydrogen-bond acceptors (Lipinski definition) is 8. The number of nitrogens with one attached hydrogen (secondary N) is 2. The van der Waals surface area contributed by atoms with Crippen LogP contribution in [0.5, 0.6) is 17.2 Å². The Morgan fingerprint density at radius 2 is 1.83 bits per heavy atom. The van der Waals surface area contributed by atoms with Crippen molar-refractivity contribution in [3.8, 4) is 17.2 Å². The number of hydrogen-bond donors (Lipinski definition) is 2. The van der Waals surface area contributed by atoms with E-state index in [9.17, 15) is 0 Å². The predicted octanol–water partition coefficient (Wildman–Crippen LogP) is 5.86. The number of methoxy groups -OCH3 is 2. The molecule has 0 spiro atoms. The maximum Gasteiger partial charge on any atom is 0.137 e. The lowest BCUT2D eigenvalue weighted by Crippen LogP contribution is -2.51. The number of rotatable bonds is 11. The summed E-state index contributed by atoms with van der Waals surface area (Å²) in [4.78, 5) is 9.03. The molecule has 1 saturated carbocycles. The minimum absolute atomic E-state index is 0.0723. The zero-order valence-electron chi connectivity index (χ0n) is 24.1. The Kier molecular flexibility index (Phi) is 6.54. The molecule has 3 fully saturated rings. The van der Waals surface area contributed by atoms with Crippen molar-refractivity contribution in [2.24, 2.45) is 5.41 Å². The van der Waals surface area contributed by atoms with E-state index in [2.05, 4.69) is 49.3 Å². The molecule has 0 radical (unpaired) electrons. The molecule has 216 valence electrons. The highest BCUT2D eigenvalue weighted by Crippen LogP contribution is 2.58. The second kappa shape index (κ2) is 10.4. The molecule has 9 nitrogen and oxygen atoms in total. The first-order valence-corrected chi connectivity index (χ1v) is 14.3. The Bertz CT molecular complexity index is 1760. The van der Waals surface area contributed by atoms with E-state index in [1.165, 1.54) is 0 Å². The molecular formula is C33H35N5O4. The van der Waals surface area contributed by atoms with Crippen molar-refractivity contribution in [2.45, 2.75) is 31.9 Å². The molecule has 2 saturated heterocycles. The third kappa shape index (κ3) is 4.73. The first kappa shape index (κ1) is 26.4. The largest absolute Gasteiger partial charge is 0.497 e. The van der Waals surface area contributed by atoms with Gasteiger partial charge in [-0.3, -0.25) is 0 Å². The van der Waals surface area contributed by atoms with Crippen molar-refractivity contribution in [1.29, 1.82) is 0 Å². The number of fused-ring (bicyclic) bond motifs is 3. The van der Waals surface area contributed by atoms with Crippen LogP contribution in [0.15, 0.2) is 73.2 Å². The van der Waals surface area contributed by atoms with Gasteiger partial charge in [-0.1, -0.05) is 12.1 Å². The second-order valence-corrected chi connectivity index (χ2v) is 11.6. The van der Waals surface area contributed by atoms with E-state index in [4.69, 9.17) is 18.9 Å². The van der Waals surface area contributed by atoms with Gasteiger partial charge in [-0.15, -0.1) is 0 Å². The van der Waals surface area contributed by atoms with Gasteiger partial charge in [-0.2, -0.15) is 0 Å². The van der Waals surface area contributed by atoms with Gasteiger partial charge in [-0.25, -0.2) is 9.97 Å². The Hall–Kier alpha value is -4.50. The lowest BCUT2D eigenvalue weighted by atomic mass is 9.63. The summed E-state index contributed by atoms with van der Waals surface area (Å²) in [5.74, 6) is 3.23. The molecule has 2 N–H and O–H groups in total. The normalized spacial score (nSPS) is 20.8. The van der Waals surface area contributed by atoms with Crippen molar-refractivity contribution < 1.29 is 18.9 Å². The molecule has 0 amide bonds. The van der Waals surface area contributed by atoms with Crippen LogP contribution in [-0.4, -0.2) is 53.9 Å². The van der Waals surface area contributed by atoms with E-state index in [1.807, 2.05) is 55.8 Å². The van der Waals surface area contributed by atoms with Crippen molar-refractivity contribution >= 4 is 27.9 Å². The molecule has 0 atom stereocenters. The summed E-state index contributed by atoms with van der Waals surface area (Å²) >= 11 is 0. The van der Waals surface area contributed by atoms with E-state index in [-0.39, 0.29) is 11.0 Å². The highest BCUT2D eigenvalue weighted by Gasteiger charge is 2.62. The van der Waals surface area contributed by atoms with E-state index in [0.717, 1.165) is 82.4 Å². The molecule has 5 aromatic rings. The molecular weight excluding hydrogens is 530 g/mol. The summed E-state index contributed by atoms with van der Waals surface area (Å²) in [5, 5.41) is 9.36. The van der Waals surface area contributed by atoms with Gasteiger partial charge >= 0.3 is 0 Å². The van der Waals surface area contributed by atoms with Crippen LogP contribution < -0.4 is 24.8 Å². The topological polar surface area (TPSA) is 91.2 Å². The first-order valence-electron chi connectivity index (χ1n) is 14.3. The fourth-order valence-corrected chi connectivity index (χ4v) is 6.49. The fourth-order valence-electron chi connectivity index (χ4n) is 6.49. The predicted molar refractivity (Wildman–Crippen MR) is 163 cm³/mol. The molecule has 9 heteroatoms. The van der Waals surface area contributed by atoms with Gasteiger partial charge in [0.15, 0.2) is 0 Å². The van der Waals surface area contributed by atoms with Gasteiger partial charge in [0.2, 0.25) is 0 Å². The highest BCUT2D eigenvalue weighted by molar-refractivity contribution is 5.99. The third-order valence-corrected chi connectivity index (χ3v) is 8.63. The van der Waals surface area contributed by atoms with Gasteiger partial charge in [0.25, 0.3) is 0 Å². The summed E-state index contributed by atoms with van der Waals surface area (Å²) in [7, 11) is 3.32. The van der Waals surface area contributed by atoms with Crippen LogP contribution in [0.25, 0.3) is 16.4 Å². The molecule has 1 aliphatic carbocycles. The van der Waals surface area contributed by atoms with Gasteiger partial charge in [-0.05, 0) is 56.2 Å². The molecule has 5 heterocycles. The van der Waals surface area contributed by atoms with Crippen LogP contribution in [0.1, 0.15) is 24.1 Å². The minimum atomic E-state index is -0.157. The van der Waals surface area contributed by atoms with E-state index in [0.29, 0.717) is 13.2 Å². The molecule has 2 aromatic carbocycles. The third-order valence-electron chi connectivity index (χ3n) is 8.63. The molecule has 0 unspecified atom stereocenters. The monoisotopic (exact) mass is 565 g/mol. The Morgan fingerprint density at radius 3 is 2.69 bits per heavy atom. The summed E-state index contributed by atoms with van der Waals surface area (Å²) < 4.78 is 25.6. The number of aryl methyl sites for hydroxylation is 1. The fraction of sp³-hybridized carbons (Fsp3) is 0.333. The van der Waals surface area contributed by atoms with Crippen molar-refractivity contribution in [3.63, 3.8) is 0 Å². The quantitative estimate of drug-likeness (QED) is 0.206. The van der Waals surface area contributed by atoms with Crippen molar-refractivity contribution in [1.82, 2.24) is 14.4 Å². The lowest BCUT2D eigenvalue weighted by molar-refractivity contribution is -0.0134. The van der Waals surface area contributed by atoms with Crippen LogP contribution >= 0.6 is 0 Å². The zero-order chi connectivity index (χ0) is 28.7. The number of pyridine rings is 2. The molecule has 2 aliphatic heterocycles. The van der Waals surface area contributed by atoms with Crippen LogP contribution in [0.4, 0.5) is 11.5 Å². The summed E-state index contributed by atoms with van der Waals surface area (Å²) in [6.07, 6.45) is 7.72. The molecule has 3 aliphatic rings. The Morgan fingerprint density at radius 1 is 0.952 bits per heavy atom. The van der Waals surface area contributed by atoms with Crippen LogP contribution in [0.2, 0.25) is 0 Å². The average Bonchev–Trinajstić information content (AvgIpc) is 3.69. The smallest absolute Gasteiger partial charge is 0.137 e. The highest BCUT2D eigenvalue weighted by atomic mass is 16.5. The summed E-state index contributed by atoms with van der Waals surface area (Å²) in [6, 6.07) is 18.2. The second-order valence-electron chi connectivity index (χ2n) is 11.6. The SMILES string of the molecule is COc1ccc(CNc2nccc3c(NCC45CC(COc6ccc7ncc(C)n7c6)(CO4)C5)cccc23)c(OC)c1. The number of aromatic nitrogens is 3. The summed E-state index contributed by atoms with van der Waals surface area (Å²) in [5.41, 5.74) is 4.04. The van der Waals surface area contributed by atoms with Crippen LogP contribution in [-0.2, 0) is 11.3 Å². The van der Waals surface area contributed by atoms with Gasteiger partial charge < -0.3 is 34.0 Å². The van der Waals surface area contributed by atoms with Gasteiger partial charge in [0.05, 0.1) is 39.2 Å². The molecule has 42 heavy (non-hydrogen) atoms. The maximum absolute atomic E-state index is 6.36. The zero-order valence-corrected chi connectivity index (χ0v) is 24.1. The lowest BCUT2D eigenvalue weighted by Gasteiger charge is -2.44. The number of imidazole rings is 1. The number of nitrogens with zero attached hydrogens (tertiary/aromatic N) is 3. The number of benzene rings is 2. The molecule has 8 rings (SSSR count). The standard InChI is InChI=1S/C33H35N5O4/c1-22-14-35-30-10-9-25(16-38(22)30)41-20-32-17-33(18-32,42-21-32)19-37-28-6-4-5-27-26(28)11-12-34-31(27)36-15-23-7-8-24(39-2)13-29(23)40-3/h4-14,16,37H,15,17-21H2,1-3H3,(H,34,36). The van der Waals surface area contributed by atoms with Gasteiger partial charge in [0.1, 0.15) is 28.7 Å². The number of anilines is 2. The maximum atomic E-state index is 6.36. The van der Waals surface area contributed by atoms with Gasteiger partial charge in [0, 0.05) is 64.7 Å². The van der Waals surface area contributed by atoms with E-state index < -0.39 is 0 Å². The Balaban J connectivity index is 0.993. The van der Waals surface area contributed by atoms with Crippen molar-refractivity contribution in [2.75, 3.05) is 44.6 Å². The van der Waals surface area contributed by atoms with E-state index >= 15 is 0 Å². The average molecular weight is 566 g/mol.